The van der Waals surface area contributed by atoms with Crippen LogP contribution in [0.1, 0.15) is 32.3 Å². The molecular weight excluding hydrogens is 577 g/mol. The third-order valence-corrected chi connectivity index (χ3v) is 7.45. The van der Waals surface area contributed by atoms with Gasteiger partial charge in [-0.2, -0.15) is 30.7 Å². The molecule has 1 unspecified atom stereocenters. The number of carbonyl (C=O) groups excluding carboxylic acids is 2. The predicted molar refractivity (Wildman–Crippen MR) is 142 cm³/mol. The molecule has 14 heteroatoms. The number of nitrogens with zero attached hydrogens (tertiary/aromatic N) is 2. The highest BCUT2D eigenvalue weighted by atomic mass is 28.4. The third-order valence-electron chi connectivity index (χ3n) is 6.41. The number of carbonyl (C=O) groups is 2. The highest BCUT2D eigenvalue weighted by molar-refractivity contribution is 6.69. The summed E-state index contributed by atoms with van der Waals surface area (Å²) in [4.78, 5) is 27.4. The van der Waals surface area contributed by atoms with Crippen LogP contribution in [-0.4, -0.2) is 85.8 Å². The highest BCUT2D eigenvalue weighted by Crippen LogP contribution is 2.48. The lowest BCUT2D eigenvalue weighted by Crippen LogP contribution is -2.62. The van der Waals surface area contributed by atoms with Crippen molar-refractivity contribution in [3.05, 3.63) is 42.5 Å². The second kappa shape index (κ2) is 13.1. The molecular formula is C27H37F7N2O4Si. The van der Waals surface area contributed by atoms with Gasteiger partial charge in [-0.05, 0) is 64.4 Å². The van der Waals surface area contributed by atoms with Crippen molar-refractivity contribution < 1.29 is 49.5 Å². The Morgan fingerprint density at radius 1 is 1.12 bits per heavy atom. The second-order valence-electron chi connectivity index (χ2n) is 11.2. The van der Waals surface area contributed by atoms with Gasteiger partial charge in [-0.15, -0.1) is 6.58 Å². The van der Waals surface area contributed by atoms with Gasteiger partial charge in [-0.1, -0.05) is 24.3 Å². The number of halogens is 7. The molecule has 1 aliphatic heterocycles. The van der Waals surface area contributed by atoms with E-state index in [1.54, 1.807) is 32.1 Å². The van der Waals surface area contributed by atoms with Gasteiger partial charge in [0.05, 0.1) is 6.10 Å². The Hall–Kier alpha value is -2.61. The molecule has 2 amide bonds. The Bertz CT molecular complexity index is 1080. The summed E-state index contributed by atoms with van der Waals surface area (Å²) in [6.07, 6.45) is -5.32. The summed E-state index contributed by atoms with van der Waals surface area (Å²) in [6, 6.07) is 5.04. The largest absolute Gasteiger partial charge is 0.491 e. The topological polar surface area (TPSA) is 59.1 Å². The normalized spacial score (nSPS) is 17.5. The van der Waals surface area contributed by atoms with Crippen molar-refractivity contribution in [2.75, 3.05) is 19.7 Å². The zero-order valence-electron chi connectivity index (χ0n) is 23.7. The molecule has 2 rings (SSSR count). The number of amides is 2. The molecule has 1 heterocycles. The Morgan fingerprint density at radius 3 is 2.27 bits per heavy atom. The molecule has 41 heavy (non-hydrogen) atoms. The first-order chi connectivity index (χ1) is 18.7. The van der Waals surface area contributed by atoms with Gasteiger partial charge in [0.1, 0.15) is 18.4 Å². The number of alkyl halides is 7. The van der Waals surface area contributed by atoms with Crippen molar-refractivity contribution in [3.63, 3.8) is 0 Å². The van der Waals surface area contributed by atoms with Crippen molar-refractivity contribution in [2.24, 2.45) is 0 Å². The molecule has 1 aliphatic rings. The molecule has 2 atom stereocenters. The minimum atomic E-state index is -6.67. The first-order valence-corrected chi connectivity index (χ1v) is 16.6. The van der Waals surface area contributed by atoms with E-state index in [2.05, 4.69) is 6.58 Å². The van der Waals surface area contributed by atoms with Gasteiger partial charge in [0.2, 0.25) is 5.91 Å². The summed E-state index contributed by atoms with van der Waals surface area (Å²) in [6.45, 7) is 12.0. The van der Waals surface area contributed by atoms with Crippen molar-refractivity contribution in [2.45, 2.75) is 89.0 Å². The second-order valence-corrected chi connectivity index (χ2v) is 15.6. The number of hydrogen-bond acceptors (Lipinski definition) is 4. The van der Waals surface area contributed by atoms with Gasteiger partial charge in [-0.25, -0.2) is 0 Å². The highest BCUT2D eigenvalue weighted by Gasteiger charge is 2.77. The summed E-state index contributed by atoms with van der Waals surface area (Å²) in [5.74, 6) is -15.7. The lowest BCUT2D eigenvalue weighted by molar-refractivity contribution is -0.346. The molecule has 0 aliphatic carbocycles. The molecule has 0 saturated carbocycles. The maximum Gasteiger partial charge on any atom is 0.460 e. The van der Waals surface area contributed by atoms with Crippen molar-refractivity contribution >= 4 is 20.1 Å². The lowest BCUT2D eigenvalue weighted by atomic mass is 10.1. The number of ether oxygens (including phenoxy) is 1. The van der Waals surface area contributed by atoms with Crippen LogP contribution in [0.5, 0.6) is 5.75 Å². The number of allylic oxidation sites excluding steroid dienone is 1. The van der Waals surface area contributed by atoms with Gasteiger partial charge in [0, 0.05) is 19.1 Å². The number of rotatable bonds is 13. The Labute approximate surface area is 236 Å². The van der Waals surface area contributed by atoms with E-state index in [0.29, 0.717) is 12.2 Å². The van der Waals surface area contributed by atoms with E-state index in [9.17, 15) is 40.3 Å². The van der Waals surface area contributed by atoms with Crippen molar-refractivity contribution in [1.29, 1.82) is 0 Å². The van der Waals surface area contributed by atoms with E-state index >= 15 is 0 Å². The molecule has 1 fully saturated rings. The molecule has 0 N–H and O–H groups in total. The Morgan fingerprint density at radius 2 is 1.73 bits per heavy atom. The number of likely N-dealkylation sites (tertiary alicyclic amines) is 1. The van der Waals surface area contributed by atoms with Crippen molar-refractivity contribution in [3.8, 4) is 5.75 Å². The predicted octanol–water partition coefficient (Wildman–Crippen LogP) is 6.07. The fourth-order valence-electron chi connectivity index (χ4n) is 4.50. The van der Waals surface area contributed by atoms with E-state index < -0.39 is 62.9 Å². The maximum atomic E-state index is 14.3. The lowest BCUT2D eigenvalue weighted by Gasteiger charge is -2.38. The van der Waals surface area contributed by atoms with Crippen LogP contribution in [0, 0.1) is 0 Å². The first-order valence-electron chi connectivity index (χ1n) is 13.2. The molecule has 0 spiro atoms. The Balaban J connectivity index is 2.31. The average molecular weight is 615 g/mol. The molecule has 1 saturated heterocycles. The maximum absolute atomic E-state index is 14.3. The number of hydrogen-bond donors (Lipinski definition) is 0. The molecule has 0 bridgehead atoms. The van der Waals surface area contributed by atoms with Crippen LogP contribution in [0.4, 0.5) is 30.7 Å². The fraction of sp³-hybridized carbons (Fsp3) is 0.630. The van der Waals surface area contributed by atoms with Crippen LogP contribution in [0.3, 0.4) is 0 Å². The first kappa shape index (κ1) is 34.6. The standard InChI is InChI=1S/C27H37F7N2O4Si/c1-7-11-19-12-8-9-14-22(19)39-17-20(40-41(4,5)6)16-36(18(2)3)23(37)21-13-10-15-35(21)24(38)25(28,29)26(30,31)27(32,33)34/h7-9,12,14,18,20-21H,1,10-11,13,15-17H2,2-6H3/t20?,21-/m0/s1. The average Bonchev–Trinajstić information content (AvgIpc) is 3.33. The molecule has 1 aromatic carbocycles. The number of benzene rings is 1. The van der Waals surface area contributed by atoms with Crippen LogP contribution < -0.4 is 4.74 Å². The SMILES string of the molecule is C=CCc1ccccc1OCC(CN(C(=O)[C@@H]1CCCN1C(=O)C(F)(F)C(F)(F)C(F)(F)F)C(C)C)O[Si](C)(C)C. The summed E-state index contributed by atoms with van der Waals surface area (Å²) >= 11 is 0. The zero-order valence-corrected chi connectivity index (χ0v) is 24.7. The minimum Gasteiger partial charge on any atom is -0.491 e. The van der Waals surface area contributed by atoms with Gasteiger partial charge < -0.3 is 19.0 Å². The summed E-state index contributed by atoms with van der Waals surface area (Å²) in [7, 11) is -2.24. The van der Waals surface area contributed by atoms with Crippen molar-refractivity contribution in [1.82, 2.24) is 9.80 Å². The number of para-hydroxylation sites is 1. The van der Waals surface area contributed by atoms with Gasteiger partial charge >= 0.3 is 23.9 Å². The van der Waals surface area contributed by atoms with Gasteiger partial charge in [0.15, 0.2) is 8.32 Å². The van der Waals surface area contributed by atoms with E-state index in [4.69, 9.17) is 9.16 Å². The van der Waals surface area contributed by atoms with Crippen LogP contribution in [0.25, 0.3) is 0 Å². The smallest absolute Gasteiger partial charge is 0.460 e. The summed E-state index contributed by atoms with van der Waals surface area (Å²) < 4.78 is 106. The molecule has 0 radical (unpaired) electrons. The molecule has 6 nitrogen and oxygen atoms in total. The third kappa shape index (κ3) is 8.24. The monoisotopic (exact) mass is 614 g/mol. The van der Waals surface area contributed by atoms with E-state index in [1.165, 1.54) is 4.90 Å². The van der Waals surface area contributed by atoms with E-state index in [1.807, 2.05) is 31.8 Å². The molecule has 0 aromatic heterocycles. The summed E-state index contributed by atoms with van der Waals surface area (Å²) in [5, 5.41) is 0. The van der Waals surface area contributed by atoms with E-state index in [-0.39, 0.29) is 30.9 Å². The molecule has 1 aromatic rings. The van der Waals surface area contributed by atoms with Crippen LogP contribution in [0.15, 0.2) is 36.9 Å². The van der Waals surface area contributed by atoms with Crippen LogP contribution in [-0.2, 0) is 20.4 Å². The fourth-order valence-corrected chi connectivity index (χ4v) is 5.64. The van der Waals surface area contributed by atoms with Crippen LogP contribution >= 0.6 is 0 Å². The van der Waals surface area contributed by atoms with Crippen LogP contribution in [0.2, 0.25) is 19.6 Å². The Kier molecular flexibility index (Phi) is 11.1. The quantitative estimate of drug-likeness (QED) is 0.154. The minimum absolute atomic E-state index is 0.00187. The summed E-state index contributed by atoms with van der Waals surface area (Å²) in [5.41, 5.74) is 0.864. The van der Waals surface area contributed by atoms with Gasteiger partial charge in [0.25, 0.3) is 0 Å². The van der Waals surface area contributed by atoms with Gasteiger partial charge in [-0.3, -0.25) is 9.59 Å². The van der Waals surface area contributed by atoms with E-state index in [0.717, 1.165) is 5.56 Å². The zero-order chi connectivity index (χ0) is 31.4. The molecule has 232 valence electrons.